The smallest absolute Gasteiger partial charge is 0.193 e. The Labute approximate surface area is 121 Å². The van der Waals surface area contributed by atoms with E-state index in [0.29, 0.717) is 12.5 Å². The quantitative estimate of drug-likeness (QED) is 0.670. The second-order valence-corrected chi connectivity index (χ2v) is 5.23. The van der Waals surface area contributed by atoms with Gasteiger partial charge >= 0.3 is 0 Å². The van der Waals surface area contributed by atoms with E-state index in [1.165, 1.54) is 5.56 Å². The first-order chi connectivity index (χ1) is 9.13. The number of aliphatic imine (C=N–C) groups is 1. The lowest BCUT2D eigenvalue weighted by Gasteiger charge is -2.06. The van der Waals surface area contributed by atoms with Gasteiger partial charge in [0.05, 0.1) is 6.54 Å². The normalized spacial score (nSPS) is 11.4. The van der Waals surface area contributed by atoms with Gasteiger partial charge in [-0.05, 0) is 36.8 Å². The Bertz CT molecular complexity index is 559. The van der Waals surface area contributed by atoms with Gasteiger partial charge < -0.3 is 11.1 Å². The average Bonchev–Trinajstić information content (AvgIpc) is 2.41. The van der Waals surface area contributed by atoms with Gasteiger partial charge in [0.1, 0.15) is 0 Å². The van der Waals surface area contributed by atoms with Crippen LogP contribution in [0, 0.1) is 6.92 Å². The Morgan fingerprint density at radius 3 is 2.37 bits per heavy atom. The third-order valence-electron chi connectivity index (χ3n) is 2.67. The van der Waals surface area contributed by atoms with Gasteiger partial charge in [0.25, 0.3) is 0 Å². The fourth-order valence-electron chi connectivity index (χ4n) is 1.59. The first kappa shape index (κ1) is 13.6. The highest BCUT2D eigenvalue weighted by atomic mass is 79.9. The van der Waals surface area contributed by atoms with Gasteiger partial charge in [0.15, 0.2) is 5.96 Å². The number of rotatable bonds is 3. The van der Waals surface area contributed by atoms with Crippen molar-refractivity contribution in [1.82, 2.24) is 0 Å². The summed E-state index contributed by atoms with van der Waals surface area (Å²) in [5, 5.41) is 3.07. The number of hydrogen-bond donors (Lipinski definition) is 2. The maximum Gasteiger partial charge on any atom is 0.193 e. The van der Waals surface area contributed by atoms with Crippen LogP contribution in [-0.4, -0.2) is 5.96 Å². The molecule has 0 radical (unpaired) electrons. The van der Waals surface area contributed by atoms with Gasteiger partial charge in [-0.25, -0.2) is 4.99 Å². The lowest BCUT2D eigenvalue weighted by atomic mass is 10.2. The van der Waals surface area contributed by atoms with Crippen molar-refractivity contribution < 1.29 is 0 Å². The van der Waals surface area contributed by atoms with Crippen LogP contribution in [0.25, 0.3) is 0 Å². The number of nitrogens with two attached hydrogens (primary N) is 1. The summed E-state index contributed by atoms with van der Waals surface area (Å²) < 4.78 is 1.06. The number of halogens is 1. The third kappa shape index (κ3) is 4.41. The van der Waals surface area contributed by atoms with E-state index in [4.69, 9.17) is 5.73 Å². The van der Waals surface area contributed by atoms with Crippen LogP contribution in [-0.2, 0) is 6.54 Å². The topological polar surface area (TPSA) is 50.4 Å². The molecule has 0 heterocycles. The molecule has 4 heteroatoms. The third-order valence-corrected chi connectivity index (χ3v) is 3.20. The van der Waals surface area contributed by atoms with E-state index in [0.717, 1.165) is 15.7 Å². The highest BCUT2D eigenvalue weighted by Gasteiger charge is 1.96. The molecule has 0 saturated carbocycles. The maximum absolute atomic E-state index is 5.85. The van der Waals surface area contributed by atoms with Crippen LogP contribution in [0.1, 0.15) is 11.1 Å². The van der Waals surface area contributed by atoms with Crippen molar-refractivity contribution in [3.63, 3.8) is 0 Å². The Kier molecular flexibility index (Phi) is 4.58. The molecule has 19 heavy (non-hydrogen) atoms. The minimum atomic E-state index is 0.423. The average molecular weight is 318 g/mol. The fourth-order valence-corrected chi connectivity index (χ4v) is 1.85. The van der Waals surface area contributed by atoms with Gasteiger partial charge in [0.2, 0.25) is 0 Å². The first-order valence-corrected chi connectivity index (χ1v) is 6.81. The zero-order chi connectivity index (χ0) is 13.7. The van der Waals surface area contributed by atoms with E-state index in [-0.39, 0.29) is 0 Å². The molecule has 0 aliphatic carbocycles. The predicted molar refractivity (Wildman–Crippen MR) is 84.3 cm³/mol. The molecule has 0 spiro atoms. The number of guanidine groups is 1. The van der Waals surface area contributed by atoms with E-state index in [1.54, 1.807) is 0 Å². The molecule has 0 fully saturated rings. The van der Waals surface area contributed by atoms with Gasteiger partial charge in [0, 0.05) is 10.2 Å². The second-order valence-electron chi connectivity index (χ2n) is 4.32. The van der Waals surface area contributed by atoms with E-state index in [9.17, 15) is 0 Å². The molecule has 98 valence electrons. The molecule has 0 aliphatic rings. The summed E-state index contributed by atoms with van der Waals surface area (Å²) in [6.45, 7) is 2.62. The molecule has 3 N–H and O–H groups in total. The van der Waals surface area contributed by atoms with Crippen molar-refractivity contribution in [2.45, 2.75) is 13.5 Å². The Morgan fingerprint density at radius 2 is 1.74 bits per heavy atom. The summed E-state index contributed by atoms with van der Waals surface area (Å²) in [5.74, 6) is 0.423. The molecule has 0 bridgehead atoms. The summed E-state index contributed by atoms with van der Waals surface area (Å²) in [6.07, 6.45) is 0. The maximum atomic E-state index is 5.85. The van der Waals surface area contributed by atoms with Crippen molar-refractivity contribution in [1.29, 1.82) is 0 Å². The summed E-state index contributed by atoms with van der Waals surface area (Å²) in [6, 6.07) is 16.1. The van der Waals surface area contributed by atoms with E-state index < -0.39 is 0 Å². The standard InChI is InChI=1S/C15H16BrN3/c1-11-2-8-14(9-3-11)19-15(17)18-10-12-4-6-13(16)7-5-12/h2-9H,10H2,1H3,(H3,17,18,19). The zero-order valence-corrected chi connectivity index (χ0v) is 12.3. The number of nitrogens with one attached hydrogen (secondary N) is 1. The Hall–Kier alpha value is -1.81. The number of aryl methyl sites for hydroxylation is 1. The van der Waals surface area contributed by atoms with Crippen LogP contribution in [0.2, 0.25) is 0 Å². The minimum Gasteiger partial charge on any atom is -0.370 e. The van der Waals surface area contributed by atoms with Crippen molar-refractivity contribution in [2.24, 2.45) is 10.7 Å². The molecular formula is C15H16BrN3. The molecule has 2 aromatic rings. The zero-order valence-electron chi connectivity index (χ0n) is 10.7. The lowest BCUT2D eigenvalue weighted by Crippen LogP contribution is -2.22. The number of nitrogens with zero attached hydrogens (tertiary/aromatic N) is 1. The summed E-state index contributed by atoms with van der Waals surface area (Å²) in [7, 11) is 0. The van der Waals surface area contributed by atoms with Crippen LogP contribution in [0.3, 0.4) is 0 Å². The summed E-state index contributed by atoms with van der Waals surface area (Å²) >= 11 is 3.40. The minimum absolute atomic E-state index is 0.423. The van der Waals surface area contributed by atoms with Crippen molar-refractivity contribution in [3.05, 3.63) is 64.1 Å². The Morgan fingerprint density at radius 1 is 1.11 bits per heavy atom. The lowest BCUT2D eigenvalue weighted by molar-refractivity contribution is 1.06. The molecule has 0 saturated heterocycles. The fraction of sp³-hybridized carbons (Fsp3) is 0.133. The summed E-state index contributed by atoms with van der Waals surface area (Å²) in [4.78, 5) is 4.31. The van der Waals surface area contributed by atoms with Gasteiger partial charge in [-0.2, -0.15) is 0 Å². The van der Waals surface area contributed by atoms with Crippen LogP contribution < -0.4 is 11.1 Å². The van der Waals surface area contributed by atoms with Gasteiger partial charge in [-0.3, -0.25) is 0 Å². The highest BCUT2D eigenvalue weighted by molar-refractivity contribution is 9.10. The van der Waals surface area contributed by atoms with Gasteiger partial charge in [-0.15, -0.1) is 0 Å². The molecule has 3 nitrogen and oxygen atoms in total. The molecule has 0 atom stereocenters. The molecule has 0 aromatic heterocycles. The predicted octanol–water partition coefficient (Wildman–Crippen LogP) is 3.68. The van der Waals surface area contributed by atoms with Crippen molar-refractivity contribution >= 4 is 27.6 Å². The van der Waals surface area contributed by atoms with Crippen LogP contribution in [0.5, 0.6) is 0 Å². The van der Waals surface area contributed by atoms with E-state index >= 15 is 0 Å². The molecule has 2 aromatic carbocycles. The number of hydrogen-bond acceptors (Lipinski definition) is 1. The van der Waals surface area contributed by atoms with Crippen molar-refractivity contribution in [3.8, 4) is 0 Å². The number of anilines is 1. The van der Waals surface area contributed by atoms with Gasteiger partial charge in [-0.1, -0.05) is 45.8 Å². The Balaban J connectivity index is 1.95. The molecule has 0 aliphatic heterocycles. The van der Waals surface area contributed by atoms with Crippen LogP contribution in [0.4, 0.5) is 5.69 Å². The molecular weight excluding hydrogens is 302 g/mol. The van der Waals surface area contributed by atoms with E-state index in [2.05, 4.69) is 33.2 Å². The summed E-state index contributed by atoms with van der Waals surface area (Å²) in [5.41, 5.74) is 9.14. The number of benzene rings is 2. The SMILES string of the molecule is Cc1ccc(NC(N)=NCc2ccc(Br)cc2)cc1. The van der Waals surface area contributed by atoms with E-state index in [1.807, 2.05) is 48.5 Å². The first-order valence-electron chi connectivity index (χ1n) is 6.01. The van der Waals surface area contributed by atoms with Crippen LogP contribution in [0.15, 0.2) is 58.0 Å². The van der Waals surface area contributed by atoms with Crippen LogP contribution >= 0.6 is 15.9 Å². The van der Waals surface area contributed by atoms with Crippen molar-refractivity contribution in [2.75, 3.05) is 5.32 Å². The highest BCUT2D eigenvalue weighted by Crippen LogP contribution is 2.11. The molecule has 0 unspecified atom stereocenters. The largest absolute Gasteiger partial charge is 0.370 e. The second kappa shape index (κ2) is 6.38. The molecule has 2 rings (SSSR count). The monoisotopic (exact) mass is 317 g/mol. The molecule has 0 amide bonds.